The number of primary amides is 1. The van der Waals surface area contributed by atoms with Gasteiger partial charge < -0.3 is 5.73 Å². The van der Waals surface area contributed by atoms with Gasteiger partial charge in [-0.3, -0.25) is 0 Å². The number of urea groups is 1. The first-order valence-corrected chi connectivity index (χ1v) is 5.23. The molecule has 0 aromatic carbocycles. The first-order valence-electron chi connectivity index (χ1n) is 4.18. The zero-order valence-electron chi connectivity index (χ0n) is 8.13. The average Bonchev–Trinajstić information content (AvgIpc) is 2.23. The Morgan fingerprint density at radius 2 is 2.38 bits per heavy atom. The number of rotatable bonds is 1. The Bertz CT molecular complexity index is 250. The topological polar surface area (TPSA) is 67.5 Å². The zero-order valence-corrected chi connectivity index (χ0v) is 8.94. The van der Waals surface area contributed by atoms with Crippen molar-refractivity contribution in [1.82, 2.24) is 5.43 Å². The number of thioether (sulfide) groups is 1. The molecule has 5 heteroatoms. The van der Waals surface area contributed by atoms with Crippen molar-refractivity contribution in [2.24, 2.45) is 16.3 Å². The van der Waals surface area contributed by atoms with Crippen LogP contribution in [0.3, 0.4) is 0 Å². The summed E-state index contributed by atoms with van der Waals surface area (Å²) in [5.74, 6) is 1.04. The third-order valence-electron chi connectivity index (χ3n) is 2.06. The van der Waals surface area contributed by atoms with E-state index in [1.165, 1.54) is 0 Å². The van der Waals surface area contributed by atoms with E-state index >= 15 is 0 Å². The lowest BCUT2D eigenvalue weighted by Crippen LogP contribution is -2.32. The minimum absolute atomic E-state index is 0.0620. The third kappa shape index (κ3) is 2.37. The lowest BCUT2D eigenvalue weighted by atomic mass is 9.88. The standard InChI is InChI=1S/C8H15N3OS/c1-5-6(10-11-7(9)12)8(2,3)4-13-5/h5H,4H2,1-3H3,(H3,9,11,12)/b10-6+. The van der Waals surface area contributed by atoms with Crippen molar-refractivity contribution in [2.75, 3.05) is 5.75 Å². The van der Waals surface area contributed by atoms with Crippen LogP contribution in [0.15, 0.2) is 5.10 Å². The van der Waals surface area contributed by atoms with Crippen LogP contribution in [0, 0.1) is 5.41 Å². The van der Waals surface area contributed by atoms with Crippen molar-refractivity contribution in [2.45, 2.75) is 26.0 Å². The van der Waals surface area contributed by atoms with Crippen LogP contribution < -0.4 is 11.2 Å². The van der Waals surface area contributed by atoms with Crippen LogP contribution in [0.2, 0.25) is 0 Å². The molecule has 4 nitrogen and oxygen atoms in total. The number of carbonyl (C=O) groups excluding carboxylic acids is 1. The summed E-state index contributed by atoms with van der Waals surface area (Å²) in [6.45, 7) is 6.32. The van der Waals surface area contributed by atoms with Gasteiger partial charge in [0.1, 0.15) is 0 Å². The van der Waals surface area contributed by atoms with Crippen LogP contribution in [0.4, 0.5) is 4.79 Å². The maximum Gasteiger partial charge on any atom is 0.332 e. The SMILES string of the molecule is CC1SCC(C)(C)/C1=N/NC(N)=O. The molecule has 0 radical (unpaired) electrons. The van der Waals surface area contributed by atoms with Crippen LogP contribution in [0.5, 0.6) is 0 Å². The van der Waals surface area contributed by atoms with Gasteiger partial charge >= 0.3 is 6.03 Å². The van der Waals surface area contributed by atoms with Crippen molar-refractivity contribution in [3.8, 4) is 0 Å². The second-order valence-electron chi connectivity index (χ2n) is 3.81. The van der Waals surface area contributed by atoms with E-state index in [4.69, 9.17) is 5.73 Å². The number of nitrogens with zero attached hydrogens (tertiary/aromatic N) is 1. The van der Waals surface area contributed by atoms with Crippen molar-refractivity contribution < 1.29 is 4.79 Å². The van der Waals surface area contributed by atoms with E-state index in [9.17, 15) is 4.79 Å². The number of hydrazone groups is 1. The second kappa shape index (κ2) is 3.57. The van der Waals surface area contributed by atoms with E-state index in [0.29, 0.717) is 5.25 Å². The maximum absolute atomic E-state index is 10.5. The summed E-state index contributed by atoms with van der Waals surface area (Å²) in [7, 11) is 0. The van der Waals surface area contributed by atoms with Crippen LogP contribution in [0.25, 0.3) is 0 Å². The van der Waals surface area contributed by atoms with Crippen LogP contribution in [-0.4, -0.2) is 22.7 Å². The highest BCUT2D eigenvalue weighted by Crippen LogP contribution is 2.37. The third-order valence-corrected chi connectivity index (χ3v) is 3.67. The molecule has 1 unspecified atom stereocenters. The first kappa shape index (κ1) is 10.4. The summed E-state index contributed by atoms with van der Waals surface area (Å²) >= 11 is 1.84. The molecule has 1 aliphatic rings. The molecular formula is C8H15N3OS. The molecule has 0 saturated carbocycles. The molecule has 0 aromatic rings. The van der Waals surface area contributed by atoms with Crippen LogP contribution in [-0.2, 0) is 0 Å². The van der Waals surface area contributed by atoms with Crippen molar-refractivity contribution >= 4 is 23.5 Å². The van der Waals surface area contributed by atoms with E-state index in [1.54, 1.807) is 0 Å². The first-order chi connectivity index (χ1) is 5.93. The molecule has 13 heavy (non-hydrogen) atoms. The summed E-state index contributed by atoms with van der Waals surface area (Å²) in [4.78, 5) is 10.5. The fraction of sp³-hybridized carbons (Fsp3) is 0.750. The summed E-state index contributed by atoms with van der Waals surface area (Å²) in [6, 6.07) is -0.604. The van der Waals surface area contributed by atoms with Gasteiger partial charge in [-0.25, -0.2) is 10.2 Å². The predicted octanol–water partition coefficient (Wildman–Crippen LogP) is 1.17. The van der Waals surface area contributed by atoms with E-state index < -0.39 is 6.03 Å². The Morgan fingerprint density at radius 1 is 1.77 bits per heavy atom. The molecule has 74 valence electrons. The van der Waals surface area contributed by atoms with Crippen LogP contribution >= 0.6 is 11.8 Å². The van der Waals surface area contributed by atoms with Gasteiger partial charge in [0.2, 0.25) is 0 Å². The van der Waals surface area contributed by atoms with Gasteiger partial charge in [0, 0.05) is 16.4 Å². The highest BCUT2D eigenvalue weighted by Gasteiger charge is 2.36. The molecule has 1 atom stereocenters. The van der Waals surface area contributed by atoms with Gasteiger partial charge in [0.05, 0.1) is 5.71 Å². The molecule has 1 fully saturated rings. The molecule has 0 aliphatic carbocycles. The largest absolute Gasteiger partial charge is 0.350 e. The molecule has 1 saturated heterocycles. The normalized spacial score (nSPS) is 29.2. The number of amides is 2. The van der Waals surface area contributed by atoms with Gasteiger partial charge in [-0.1, -0.05) is 13.8 Å². The summed E-state index contributed by atoms with van der Waals surface area (Å²) in [5.41, 5.74) is 8.30. The second-order valence-corrected chi connectivity index (χ2v) is 5.14. The fourth-order valence-electron chi connectivity index (χ4n) is 1.39. The Labute approximate surface area is 82.3 Å². The van der Waals surface area contributed by atoms with Gasteiger partial charge in [-0.05, 0) is 6.92 Å². The Morgan fingerprint density at radius 3 is 2.77 bits per heavy atom. The number of hydrogen-bond donors (Lipinski definition) is 2. The van der Waals surface area contributed by atoms with E-state index in [1.807, 2.05) is 11.8 Å². The highest BCUT2D eigenvalue weighted by molar-refractivity contribution is 8.01. The van der Waals surface area contributed by atoms with Crippen LogP contribution in [0.1, 0.15) is 20.8 Å². The zero-order chi connectivity index (χ0) is 10.1. The quantitative estimate of drug-likeness (QED) is 0.625. The maximum atomic E-state index is 10.5. The summed E-state index contributed by atoms with van der Waals surface area (Å²) < 4.78 is 0. The number of carbonyl (C=O) groups is 1. The number of nitrogens with one attached hydrogen (secondary N) is 1. The average molecular weight is 201 g/mol. The van der Waals surface area contributed by atoms with Gasteiger partial charge in [-0.2, -0.15) is 16.9 Å². The molecule has 2 amide bonds. The minimum atomic E-state index is -0.604. The fourth-order valence-corrected chi connectivity index (χ4v) is 2.74. The smallest absolute Gasteiger partial charge is 0.332 e. The highest BCUT2D eigenvalue weighted by atomic mass is 32.2. The molecular weight excluding hydrogens is 186 g/mol. The lowest BCUT2D eigenvalue weighted by Gasteiger charge is -2.17. The monoisotopic (exact) mass is 201 g/mol. The van der Waals surface area contributed by atoms with Gasteiger partial charge in [-0.15, -0.1) is 0 Å². The van der Waals surface area contributed by atoms with Crippen molar-refractivity contribution in [3.63, 3.8) is 0 Å². The Balaban J connectivity index is 2.75. The Kier molecular flexibility index (Phi) is 2.85. The van der Waals surface area contributed by atoms with Gasteiger partial charge in [0.25, 0.3) is 0 Å². The molecule has 3 N–H and O–H groups in total. The Hall–Kier alpha value is -0.710. The van der Waals surface area contributed by atoms with E-state index in [2.05, 4.69) is 31.3 Å². The molecule has 0 bridgehead atoms. The number of hydrogen-bond acceptors (Lipinski definition) is 3. The predicted molar refractivity (Wildman–Crippen MR) is 55.9 cm³/mol. The minimum Gasteiger partial charge on any atom is -0.350 e. The summed E-state index contributed by atoms with van der Waals surface area (Å²) in [6.07, 6.45) is 0. The molecule has 0 aromatic heterocycles. The van der Waals surface area contributed by atoms with Gasteiger partial charge in [0.15, 0.2) is 0 Å². The molecule has 1 rings (SSSR count). The molecule has 0 spiro atoms. The van der Waals surface area contributed by atoms with E-state index in [0.717, 1.165) is 11.5 Å². The van der Waals surface area contributed by atoms with E-state index in [-0.39, 0.29) is 5.41 Å². The van der Waals surface area contributed by atoms with Crippen molar-refractivity contribution in [3.05, 3.63) is 0 Å². The molecule has 1 heterocycles. The molecule has 1 aliphatic heterocycles. The number of nitrogens with two attached hydrogens (primary N) is 1. The summed E-state index contributed by atoms with van der Waals surface area (Å²) in [5, 5.41) is 4.39. The van der Waals surface area contributed by atoms with Crippen molar-refractivity contribution in [1.29, 1.82) is 0 Å². The lowest BCUT2D eigenvalue weighted by molar-refractivity contribution is 0.249.